The SMILES string of the molecule is CCCCOC1[C@H](OCCCC)C(CO)O[C@H](O[C@@H]2C(C(=O)OC)O[C@@H](O[C@@H]3C(CO)O[C@@H](Sc4ccc(C)cc4)C(N=[N+]=[N-])[C@H]3O)[C@@H](OCCCC)C2OCCCC)[C@H]1N=[N+]=[N-]. The molecule has 3 saturated heterocycles. The predicted molar refractivity (Wildman–Crippen MR) is 229 cm³/mol. The largest absolute Gasteiger partial charge is 0.467 e. The smallest absolute Gasteiger partial charge is 0.337 e. The van der Waals surface area contributed by atoms with Crippen molar-refractivity contribution in [1.29, 1.82) is 0 Å². The first-order valence-electron chi connectivity index (χ1n) is 22.2. The molecule has 0 bridgehead atoms. The Morgan fingerprint density at radius 3 is 1.73 bits per heavy atom. The van der Waals surface area contributed by atoms with Gasteiger partial charge in [0.15, 0.2) is 18.7 Å². The van der Waals surface area contributed by atoms with Crippen LogP contribution >= 0.6 is 11.8 Å². The summed E-state index contributed by atoms with van der Waals surface area (Å²) in [5.74, 6) is -0.892. The molecular weight excluding hydrogens is 845 g/mol. The molecule has 3 heterocycles. The first-order valence-corrected chi connectivity index (χ1v) is 23.1. The van der Waals surface area contributed by atoms with Crippen LogP contribution in [0.25, 0.3) is 20.9 Å². The quantitative estimate of drug-likeness (QED) is 0.0316. The van der Waals surface area contributed by atoms with Crippen LogP contribution in [0.2, 0.25) is 0 Å². The third-order valence-corrected chi connectivity index (χ3v) is 12.2. The lowest BCUT2D eigenvalue weighted by molar-refractivity contribution is -0.364. The molecule has 20 nitrogen and oxygen atoms in total. The average molecular weight is 913 g/mol. The van der Waals surface area contributed by atoms with Crippen molar-refractivity contribution in [2.75, 3.05) is 46.8 Å². The number of rotatable bonds is 27. The van der Waals surface area contributed by atoms with Crippen LogP contribution in [0.15, 0.2) is 39.4 Å². The minimum atomic E-state index is -1.61. The van der Waals surface area contributed by atoms with Gasteiger partial charge in [-0.05, 0) is 55.8 Å². The summed E-state index contributed by atoms with van der Waals surface area (Å²) in [7, 11) is 1.17. The van der Waals surface area contributed by atoms with Crippen LogP contribution in [0.3, 0.4) is 0 Å². The summed E-state index contributed by atoms with van der Waals surface area (Å²) in [6.07, 6.45) is -9.23. The molecule has 0 amide bonds. The van der Waals surface area contributed by atoms with Crippen molar-refractivity contribution < 1.29 is 67.5 Å². The standard InChI is InChI=1S/C42H68N6O14S/c1-7-11-19-54-33-28(24-50)58-40(30(46-48-44)34(33)55-20-12-8-2)61-36-35(56-21-13-9-3)38(57-22-14-10-4)41(62-37(36)39(52)53-6)60-32-27(23-49)59-42(29(31(32)51)45-47-43)63-26-17-15-25(5)16-18-26/h15-18,27-38,40-42,49-51H,7-14,19-24H2,1-6H3/t27?,28?,29?,30-,31+,32+,33+,34?,35?,36-,37?,38-,40+,41+,42-/m0/s1. The van der Waals surface area contributed by atoms with E-state index in [0.29, 0.717) is 32.5 Å². The maximum absolute atomic E-state index is 13.9. The molecule has 6 unspecified atom stereocenters. The Kier molecular flexibility index (Phi) is 23.7. The Morgan fingerprint density at radius 1 is 0.683 bits per heavy atom. The molecular formula is C42H68N6O14S. The molecule has 356 valence electrons. The van der Waals surface area contributed by atoms with Crippen molar-refractivity contribution >= 4 is 17.7 Å². The van der Waals surface area contributed by atoms with Crippen LogP contribution in [0, 0.1) is 6.92 Å². The highest BCUT2D eigenvalue weighted by Gasteiger charge is 2.57. The minimum Gasteiger partial charge on any atom is -0.467 e. The van der Waals surface area contributed by atoms with Gasteiger partial charge in [-0.1, -0.05) is 93.1 Å². The number of benzene rings is 1. The molecule has 0 aromatic heterocycles. The second kappa shape index (κ2) is 28.3. The molecule has 0 radical (unpaired) electrons. The zero-order valence-electron chi connectivity index (χ0n) is 37.3. The van der Waals surface area contributed by atoms with Gasteiger partial charge in [0.1, 0.15) is 60.2 Å². The molecule has 21 heteroatoms. The Morgan fingerprint density at radius 2 is 1.19 bits per heavy atom. The fourth-order valence-corrected chi connectivity index (χ4v) is 8.60. The lowest BCUT2D eigenvalue weighted by Gasteiger charge is -2.50. The summed E-state index contributed by atoms with van der Waals surface area (Å²) >= 11 is 1.22. The highest BCUT2D eigenvalue weighted by Crippen LogP contribution is 2.40. The second-order valence-corrected chi connectivity index (χ2v) is 16.8. The van der Waals surface area contributed by atoms with Gasteiger partial charge in [0.05, 0.1) is 32.5 Å². The number of aryl methyl sites for hydroxylation is 1. The van der Waals surface area contributed by atoms with Crippen LogP contribution in [-0.2, 0) is 52.2 Å². The van der Waals surface area contributed by atoms with Gasteiger partial charge < -0.3 is 62.7 Å². The van der Waals surface area contributed by atoms with Crippen LogP contribution in [0.5, 0.6) is 0 Å². The summed E-state index contributed by atoms with van der Waals surface area (Å²) in [4.78, 5) is 20.7. The van der Waals surface area contributed by atoms with Crippen molar-refractivity contribution in [3.63, 3.8) is 0 Å². The normalized spacial score (nSPS) is 33.3. The zero-order chi connectivity index (χ0) is 45.7. The summed E-state index contributed by atoms with van der Waals surface area (Å²) in [6.45, 7) is 9.83. The van der Waals surface area contributed by atoms with Gasteiger partial charge in [-0.3, -0.25) is 0 Å². The number of azide groups is 2. The van der Waals surface area contributed by atoms with E-state index in [9.17, 15) is 31.2 Å². The number of ether oxygens (including phenoxy) is 10. The molecule has 4 rings (SSSR count). The molecule has 0 aliphatic carbocycles. The molecule has 63 heavy (non-hydrogen) atoms. The number of carbonyl (C=O) groups excluding carboxylic acids is 1. The van der Waals surface area contributed by atoms with Gasteiger partial charge in [-0.25, -0.2) is 4.79 Å². The highest BCUT2D eigenvalue weighted by molar-refractivity contribution is 7.99. The van der Waals surface area contributed by atoms with Crippen LogP contribution in [0.4, 0.5) is 0 Å². The number of hydrogen-bond acceptors (Lipinski definition) is 17. The lowest BCUT2D eigenvalue weighted by Crippen LogP contribution is -2.68. The summed E-state index contributed by atoms with van der Waals surface area (Å²) in [5.41, 5.74) is 19.6. The Balaban J connectivity index is 1.76. The number of carbonyl (C=O) groups is 1. The Labute approximate surface area is 374 Å². The maximum atomic E-state index is 13.9. The number of aliphatic hydroxyl groups excluding tert-OH is 3. The molecule has 0 spiro atoms. The van der Waals surface area contributed by atoms with Gasteiger partial charge in [-0.15, -0.1) is 0 Å². The van der Waals surface area contributed by atoms with Crippen molar-refractivity contribution in [3.8, 4) is 0 Å². The van der Waals surface area contributed by atoms with E-state index >= 15 is 0 Å². The van der Waals surface area contributed by atoms with Gasteiger partial charge in [0.25, 0.3) is 0 Å². The number of methoxy groups -OCH3 is 1. The van der Waals surface area contributed by atoms with Crippen molar-refractivity contribution in [3.05, 3.63) is 50.7 Å². The highest BCUT2D eigenvalue weighted by atomic mass is 32.2. The first kappa shape index (κ1) is 52.8. The van der Waals surface area contributed by atoms with E-state index in [1.807, 2.05) is 58.9 Å². The second-order valence-electron chi connectivity index (χ2n) is 15.7. The third kappa shape index (κ3) is 14.6. The number of nitrogens with zero attached hydrogens (tertiary/aromatic N) is 6. The molecule has 1 aromatic rings. The molecule has 3 N–H and O–H groups in total. The number of thioether (sulfide) groups is 1. The third-order valence-electron chi connectivity index (χ3n) is 11.0. The van der Waals surface area contributed by atoms with Crippen molar-refractivity contribution in [2.24, 2.45) is 10.2 Å². The van der Waals surface area contributed by atoms with Crippen LogP contribution < -0.4 is 0 Å². The fourth-order valence-electron chi connectivity index (χ4n) is 7.48. The number of hydrogen-bond donors (Lipinski definition) is 3. The van der Waals surface area contributed by atoms with Gasteiger partial charge in [-0.2, -0.15) is 0 Å². The van der Waals surface area contributed by atoms with Gasteiger partial charge >= 0.3 is 5.97 Å². The Bertz CT molecular complexity index is 1580. The van der Waals surface area contributed by atoms with Gasteiger partial charge in [0, 0.05) is 41.1 Å². The van der Waals surface area contributed by atoms with E-state index < -0.39 is 110 Å². The topological polar surface area (TPSA) is 268 Å². The maximum Gasteiger partial charge on any atom is 0.337 e. The van der Waals surface area contributed by atoms with E-state index in [1.165, 1.54) is 18.9 Å². The minimum absolute atomic E-state index is 0.182. The van der Waals surface area contributed by atoms with E-state index in [4.69, 9.17) is 47.4 Å². The van der Waals surface area contributed by atoms with E-state index in [1.54, 1.807) is 0 Å². The fraction of sp³-hybridized carbons (Fsp3) is 0.833. The summed E-state index contributed by atoms with van der Waals surface area (Å²) in [5, 5.41) is 41.1. The monoisotopic (exact) mass is 912 g/mol. The summed E-state index contributed by atoms with van der Waals surface area (Å²) in [6, 6.07) is 5.20. The molecule has 3 aliphatic rings. The van der Waals surface area contributed by atoms with Gasteiger partial charge in [0.2, 0.25) is 0 Å². The number of esters is 1. The molecule has 3 fully saturated rings. The molecule has 3 aliphatic heterocycles. The van der Waals surface area contributed by atoms with Crippen LogP contribution in [-0.4, -0.2) is 159 Å². The average Bonchev–Trinajstić information content (AvgIpc) is 3.28. The number of aliphatic hydroxyl groups is 3. The predicted octanol–water partition coefficient (Wildman–Crippen LogP) is 5.65. The number of unbranched alkanes of at least 4 members (excludes halogenated alkanes) is 4. The Hall–Kier alpha value is -2.82. The molecule has 0 saturated carbocycles. The van der Waals surface area contributed by atoms with E-state index in [-0.39, 0.29) is 13.2 Å². The van der Waals surface area contributed by atoms with E-state index in [2.05, 4.69) is 20.1 Å². The zero-order valence-corrected chi connectivity index (χ0v) is 38.1. The first-order chi connectivity index (χ1) is 30.6. The van der Waals surface area contributed by atoms with E-state index in [0.717, 1.165) is 42.6 Å². The molecule has 1 aromatic carbocycles. The van der Waals surface area contributed by atoms with Crippen molar-refractivity contribution in [2.45, 2.75) is 182 Å². The van der Waals surface area contributed by atoms with Crippen LogP contribution in [0.1, 0.15) is 84.6 Å². The lowest BCUT2D eigenvalue weighted by atomic mass is 9.94. The summed E-state index contributed by atoms with van der Waals surface area (Å²) < 4.78 is 63.1. The van der Waals surface area contributed by atoms with Crippen molar-refractivity contribution in [1.82, 2.24) is 0 Å². The molecule has 15 atom stereocenters.